The van der Waals surface area contributed by atoms with Crippen LogP contribution in [-0.4, -0.2) is 41.1 Å². The summed E-state index contributed by atoms with van der Waals surface area (Å²) in [5, 5.41) is 20.6. The third-order valence-corrected chi connectivity index (χ3v) is 4.13. The highest BCUT2D eigenvalue weighted by molar-refractivity contribution is 6.01. The number of carbonyl (C=O) groups excluding carboxylic acids is 1. The van der Waals surface area contributed by atoms with Crippen LogP contribution in [0.2, 0.25) is 0 Å². The molecule has 0 fully saturated rings. The molecular formula is C20H20N4O4. The molecule has 0 spiro atoms. The van der Waals surface area contributed by atoms with Crippen LogP contribution >= 0.6 is 0 Å². The van der Waals surface area contributed by atoms with Crippen molar-refractivity contribution in [3.05, 3.63) is 59.8 Å². The number of H-pyrrole nitrogens is 1. The quantitative estimate of drug-likeness (QED) is 0.450. The maximum Gasteiger partial charge on any atom is 0.289 e. The third-order valence-electron chi connectivity index (χ3n) is 4.13. The first-order chi connectivity index (χ1) is 13.5. The molecule has 144 valence electrons. The van der Waals surface area contributed by atoms with E-state index in [0.29, 0.717) is 22.7 Å². The van der Waals surface area contributed by atoms with Gasteiger partial charge in [0.2, 0.25) is 0 Å². The fourth-order valence-electron chi connectivity index (χ4n) is 2.51. The molecule has 0 atom stereocenters. The monoisotopic (exact) mass is 380 g/mol. The Kier molecular flexibility index (Phi) is 5.59. The van der Waals surface area contributed by atoms with Crippen molar-refractivity contribution in [2.75, 3.05) is 14.2 Å². The molecule has 0 unspecified atom stereocenters. The smallest absolute Gasteiger partial charge is 0.289 e. The van der Waals surface area contributed by atoms with Gasteiger partial charge < -0.3 is 14.6 Å². The predicted octanol–water partition coefficient (Wildman–Crippen LogP) is 2.95. The van der Waals surface area contributed by atoms with E-state index in [1.165, 1.54) is 13.2 Å². The second-order valence-corrected chi connectivity index (χ2v) is 5.92. The Hall–Kier alpha value is -3.81. The summed E-state index contributed by atoms with van der Waals surface area (Å²) in [4.78, 5) is 12.3. The zero-order chi connectivity index (χ0) is 20.1. The van der Waals surface area contributed by atoms with Gasteiger partial charge in [0, 0.05) is 11.1 Å². The van der Waals surface area contributed by atoms with Gasteiger partial charge in [0.25, 0.3) is 5.91 Å². The fourth-order valence-corrected chi connectivity index (χ4v) is 2.51. The Labute approximate surface area is 161 Å². The van der Waals surface area contributed by atoms with Crippen molar-refractivity contribution < 1.29 is 19.4 Å². The summed E-state index contributed by atoms with van der Waals surface area (Å²) < 4.78 is 10.2. The number of rotatable bonds is 6. The molecule has 3 N–H and O–H groups in total. The highest BCUT2D eigenvalue weighted by Crippen LogP contribution is 2.26. The van der Waals surface area contributed by atoms with E-state index in [1.807, 2.05) is 24.3 Å². The standard InChI is InChI=1S/C20H20N4O4/c1-12(14-6-9-18(25)19(10-14)28-3)21-24-20(26)17-11-16(22-23-17)13-4-7-15(27-2)8-5-13/h4-11,25H,1-3H3,(H,22,23)(H,24,26)/b21-12+. The molecule has 0 aliphatic rings. The molecule has 0 aliphatic carbocycles. The molecule has 1 aromatic heterocycles. The second kappa shape index (κ2) is 8.26. The number of aromatic amines is 1. The lowest BCUT2D eigenvalue weighted by Gasteiger charge is -2.06. The summed E-state index contributed by atoms with van der Waals surface area (Å²) >= 11 is 0. The Bertz CT molecular complexity index is 1010. The largest absolute Gasteiger partial charge is 0.504 e. The predicted molar refractivity (Wildman–Crippen MR) is 105 cm³/mol. The normalized spacial score (nSPS) is 11.2. The maximum absolute atomic E-state index is 12.3. The summed E-state index contributed by atoms with van der Waals surface area (Å²) in [6.07, 6.45) is 0. The first kappa shape index (κ1) is 19.0. The number of benzene rings is 2. The Balaban J connectivity index is 1.71. The Morgan fingerprint density at radius 1 is 1.11 bits per heavy atom. The van der Waals surface area contributed by atoms with Gasteiger partial charge in [-0.3, -0.25) is 9.89 Å². The minimum Gasteiger partial charge on any atom is -0.504 e. The van der Waals surface area contributed by atoms with Gasteiger partial charge in [-0.1, -0.05) is 0 Å². The molecule has 2 aromatic carbocycles. The number of nitrogens with one attached hydrogen (secondary N) is 2. The number of ether oxygens (including phenoxy) is 2. The van der Waals surface area contributed by atoms with E-state index in [4.69, 9.17) is 9.47 Å². The minimum atomic E-state index is -0.419. The topological polar surface area (TPSA) is 109 Å². The Morgan fingerprint density at radius 2 is 1.86 bits per heavy atom. The van der Waals surface area contributed by atoms with Gasteiger partial charge in [0.05, 0.1) is 25.6 Å². The summed E-state index contributed by atoms with van der Waals surface area (Å²) in [7, 11) is 3.06. The summed E-state index contributed by atoms with van der Waals surface area (Å²) in [6, 6.07) is 13.8. The maximum atomic E-state index is 12.3. The van der Waals surface area contributed by atoms with Crippen LogP contribution in [0.5, 0.6) is 17.2 Å². The van der Waals surface area contributed by atoms with Gasteiger partial charge in [-0.05, 0) is 55.5 Å². The van der Waals surface area contributed by atoms with Gasteiger partial charge >= 0.3 is 0 Å². The van der Waals surface area contributed by atoms with Crippen LogP contribution in [0.3, 0.4) is 0 Å². The number of carbonyl (C=O) groups is 1. The van der Waals surface area contributed by atoms with Crippen molar-refractivity contribution in [2.24, 2.45) is 5.10 Å². The number of hydrogen-bond acceptors (Lipinski definition) is 6. The number of phenolic OH excluding ortho intramolecular Hbond substituents is 1. The van der Waals surface area contributed by atoms with Crippen LogP contribution in [0.25, 0.3) is 11.3 Å². The van der Waals surface area contributed by atoms with Crippen molar-refractivity contribution >= 4 is 11.6 Å². The first-order valence-electron chi connectivity index (χ1n) is 8.43. The molecule has 1 heterocycles. The average Bonchev–Trinajstić information content (AvgIpc) is 3.22. The number of aromatic nitrogens is 2. The SMILES string of the molecule is COc1ccc(-c2cc(C(=O)N/N=C(\C)c3ccc(O)c(OC)c3)[nH]n2)cc1. The van der Waals surface area contributed by atoms with Gasteiger partial charge in [0.1, 0.15) is 11.4 Å². The van der Waals surface area contributed by atoms with Crippen molar-refractivity contribution in [3.63, 3.8) is 0 Å². The molecule has 0 radical (unpaired) electrons. The molecule has 0 saturated heterocycles. The van der Waals surface area contributed by atoms with Crippen LogP contribution < -0.4 is 14.9 Å². The first-order valence-corrected chi connectivity index (χ1v) is 8.43. The summed E-state index contributed by atoms with van der Waals surface area (Å²) in [5.74, 6) is 0.688. The van der Waals surface area contributed by atoms with Crippen LogP contribution in [0.1, 0.15) is 23.0 Å². The molecule has 8 nitrogen and oxygen atoms in total. The van der Waals surface area contributed by atoms with Crippen molar-refractivity contribution in [1.82, 2.24) is 15.6 Å². The summed E-state index contributed by atoms with van der Waals surface area (Å²) in [5.41, 5.74) is 5.52. The van der Waals surface area contributed by atoms with Gasteiger partial charge in [-0.2, -0.15) is 10.2 Å². The van der Waals surface area contributed by atoms with Gasteiger partial charge in [-0.25, -0.2) is 5.43 Å². The van der Waals surface area contributed by atoms with Gasteiger partial charge in [0.15, 0.2) is 11.5 Å². The van der Waals surface area contributed by atoms with E-state index < -0.39 is 5.91 Å². The van der Waals surface area contributed by atoms with E-state index in [1.54, 1.807) is 32.2 Å². The molecular weight excluding hydrogens is 360 g/mol. The highest BCUT2D eigenvalue weighted by atomic mass is 16.5. The second-order valence-electron chi connectivity index (χ2n) is 5.92. The van der Waals surface area contributed by atoms with Crippen molar-refractivity contribution in [1.29, 1.82) is 0 Å². The number of amides is 1. The Morgan fingerprint density at radius 3 is 2.54 bits per heavy atom. The number of hydrogen-bond donors (Lipinski definition) is 3. The zero-order valence-corrected chi connectivity index (χ0v) is 15.7. The van der Waals surface area contributed by atoms with Crippen LogP contribution in [0.4, 0.5) is 0 Å². The zero-order valence-electron chi connectivity index (χ0n) is 15.7. The highest BCUT2D eigenvalue weighted by Gasteiger charge is 2.11. The van der Waals surface area contributed by atoms with Crippen LogP contribution in [-0.2, 0) is 0 Å². The van der Waals surface area contributed by atoms with E-state index in [2.05, 4.69) is 20.7 Å². The number of phenols is 1. The minimum absolute atomic E-state index is 0.0339. The van der Waals surface area contributed by atoms with Gasteiger partial charge in [-0.15, -0.1) is 0 Å². The molecule has 0 aliphatic heterocycles. The number of nitrogens with zero attached hydrogens (tertiary/aromatic N) is 2. The molecule has 8 heteroatoms. The molecule has 3 aromatic rings. The molecule has 3 rings (SSSR count). The third kappa shape index (κ3) is 4.12. The van der Waals surface area contributed by atoms with Crippen LogP contribution in [0.15, 0.2) is 53.6 Å². The van der Waals surface area contributed by atoms with Crippen LogP contribution in [0, 0.1) is 0 Å². The van der Waals surface area contributed by atoms with E-state index in [-0.39, 0.29) is 11.4 Å². The average molecular weight is 380 g/mol. The number of hydrazone groups is 1. The number of aromatic hydroxyl groups is 1. The molecule has 0 saturated carbocycles. The van der Waals surface area contributed by atoms with E-state index in [9.17, 15) is 9.90 Å². The lowest BCUT2D eigenvalue weighted by atomic mass is 10.1. The number of methoxy groups -OCH3 is 2. The molecule has 0 bridgehead atoms. The summed E-state index contributed by atoms with van der Waals surface area (Å²) in [6.45, 7) is 1.74. The lowest BCUT2D eigenvalue weighted by molar-refractivity contribution is 0.0950. The van der Waals surface area contributed by atoms with E-state index >= 15 is 0 Å². The van der Waals surface area contributed by atoms with Crippen molar-refractivity contribution in [3.8, 4) is 28.5 Å². The molecule has 28 heavy (non-hydrogen) atoms. The van der Waals surface area contributed by atoms with Crippen molar-refractivity contribution in [2.45, 2.75) is 6.92 Å². The fraction of sp³-hybridized carbons (Fsp3) is 0.150. The lowest BCUT2D eigenvalue weighted by Crippen LogP contribution is -2.19. The van der Waals surface area contributed by atoms with E-state index in [0.717, 1.165) is 11.3 Å². The molecule has 1 amide bonds.